The van der Waals surface area contributed by atoms with Crippen LogP contribution in [0, 0.1) is 0 Å². The molecule has 112 valence electrons. The lowest BCUT2D eigenvalue weighted by molar-refractivity contribution is -0.115. The number of amidine groups is 1. The summed E-state index contributed by atoms with van der Waals surface area (Å²) in [7, 11) is 1.58. The monoisotopic (exact) mass is 378 g/mol. The second-order valence-electron chi connectivity index (χ2n) is 4.30. The maximum Gasteiger partial charge on any atom is 0.264 e. The lowest BCUT2D eigenvalue weighted by atomic mass is 10.3. The molecule has 0 saturated carbocycles. The van der Waals surface area contributed by atoms with Crippen LogP contribution in [0.1, 0.15) is 5.76 Å². The summed E-state index contributed by atoms with van der Waals surface area (Å²) in [5.74, 6) is 1.05. The van der Waals surface area contributed by atoms with Gasteiger partial charge < -0.3 is 14.5 Å². The molecule has 1 aliphatic rings. The molecular formula is C15H11BrN2O3S. The van der Waals surface area contributed by atoms with Gasteiger partial charge in [-0.3, -0.25) is 4.79 Å². The fourth-order valence-electron chi connectivity index (χ4n) is 1.85. The summed E-state index contributed by atoms with van der Waals surface area (Å²) >= 11 is 4.48. The first kappa shape index (κ1) is 14.9. The fourth-order valence-corrected chi connectivity index (χ4v) is 2.98. The number of amides is 1. The van der Waals surface area contributed by atoms with Gasteiger partial charge in [-0.15, -0.1) is 0 Å². The summed E-state index contributed by atoms with van der Waals surface area (Å²) in [5.41, 5.74) is 0.662. The molecule has 1 saturated heterocycles. The molecule has 5 nitrogen and oxygen atoms in total. The number of aliphatic imine (C=N–C) groups is 1. The van der Waals surface area contributed by atoms with Gasteiger partial charge in [0, 0.05) is 6.08 Å². The van der Waals surface area contributed by atoms with Gasteiger partial charge in [-0.1, -0.05) is 12.1 Å². The van der Waals surface area contributed by atoms with Crippen molar-refractivity contribution in [2.75, 3.05) is 7.11 Å². The second kappa shape index (κ2) is 6.41. The average Bonchev–Trinajstić information content (AvgIpc) is 3.06. The van der Waals surface area contributed by atoms with Crippen LogP contribution in [-0.4, -0.2) is 18.2 Å². The van der Waals surface area contributed by atoms with Crippen molar-refractivity contribution in [2.45, 2.75) is 0 Å². The number of methoxy groups -OCH3 is 1. The Morgan fingerprint density at radius 3 is 2.86 bits per heavy atom. The summed E-state index contributed by atoms with van der Waals surface area (Å²) in [4.78, 5) is 16.9. The number of hydrogen-bond donors (Lipinski definition) is 1. The Balaban J connectivity index is 1.85. The second-order valence-corrected chi connectivity index (χ2v) is 6.11. The third-order valence-electron chi connectivity index (χ3n) is 2.83. The zero-order chi connectivity index (χ0) is 15.5. The largest absolute Gasteiger partial charge is 0.494 e. The highest BCUT2D eigenvalue weighted by atomic mass is 79.9. The van der Waals surface area contributed by atoms with Gasteiger partial charge in [0.2, 0.25) is 0 Å². The number of nitrogens with one attached hydrogen (secondary N) is 1. The summed E-state index contributed by atoms with van der Waals surface area (Å²) in [6, 6.07) is 10.9. The number of nitrogens with zero attached hydrogens (tertiary/aromatic N) is 1. The number of halogens is 1. The number of thioether (sulfide) groups is 1. The van der Waals surface area contributed by atoms with E-state index < -0.39 is 0 Å². The zero-order valence-electron chi connectivity index (χ0n) is 11.5. The summed E-state index contributed by atoms with van der Waals surface area (Å²) in [6.07, 6.45) is 1.68. The number of carbonyl (C=O) groups is 1. The molecule has 22 heavy (non-hydrogen) atoms. The molecule has 1 aromatic carbocycles. The van der Waals surface area contributed by atoms with Crippen molar-refractivity contribution in [3.8, 4) is 5.75 Å². The third kappa shape index (κ3) is 3.26. The highest BCUT2D eigenvalue weighted by molar-refractivity contribution is 9.10. The van der Waals surface area contributed by atoms with E-state index in [0.717, 1.165) is 0 Å². The number of para-hydroxylation sites is 2. The smallest absolute Gasteiger partial charge is 0.264 e. The summed E-state index contributed by atoms with van der Waals surface area (Å²) in [5, 5.41) is 3.23. The lowest BCUT2D eigenvalue weighted by Crippen LogP contribution is -2.19. The Hall–Kier alpha value is -1.99. The van der Waals surface area contributed by atoms with Gasteiger partial charge in [-0.2, -0.15) is 0 Å². The van der Waals surface area contributed by atoms with Crippen molar-refractivity contribution >= 4 is 50.5 Å². The SMILES string of the molecule is COc1ccccc1N=C1NC(=O)C(=Cc2ccc(Br)o2)S1. The van der Waals surface area contributed by atoms with Gasteiger partial charge in [0.1, 0.15) is 17.2 Å². The number of hydrogen-bond acceptors (Lipinski definition) is 5. The van der Waals surface area contributed by atoms with Gasteiger partial charge in [0.15, 0.2) is 9.84 Å². The van der Waals surface area contributed by atoms with E-state index >= 15 is 0 Å². The molecule has 1 aliphatic heterocycles. The third-order valence-corrected chi connectivity index (χ3v) is 4.16. The van der Waals surface area contributed by atoms with E-state index in [1.807, 2.05) is 24.3 Å². The Morgan fingerprint density at radius 1 is 1.32 bits per heavy atom. The Kier molecular flexibility index (Phi) is 4.35. The van der Waals surface area contributed by atoms with Crippen LogP contribution >= 0.6 is 27.7 Å². The molecule has 0 unspecified atom stereocenters. The van der Waals surface area contributed by atoms with Crippen LogP contribution in [0.5, 0.6) is 5.75 Å². The normalized spacial score (nSPS) is 18.0. The van der Waals surface area contributed by atoms with Crippen LogP contribution < -0.4 is 10.1 Å². The summed E-state index contributed by atoms with van der Waals surface area (Å²) < 4.78 is 11.2. The standard InChI is InChI=1S/C15H11BrN2O3S/c1-20-11-5-3-2-4-10(11)17-15-18-14(19)12(22-15)8-9-6-7-13(16)21-9/h2-8H,1H3,(H,17,18,19). The van der Waals surface area contributed by atoms with E-state index in [2.05, 4.69) is 26.2 Å². The Labute approximate surface area is 139 Å². The molecule has 2 aromatic rings. The van der Waals surface area contributed by atoms with E-state index in [-0.39, 0.29) is 5.91 Å². The summed E-state index contributed by atoms with van der Waals surface area (Å²) in [6.45, 7) is 0. The van der Waals surface area contributed by atoms with Crippen LogP contribution in [0.4, 0.5) is 5.69 Å². The first-order valence-corrected chi connectivity index (χ1v) is 7.94. The molecule has 0 bridgehead atoms. The van der Waals surface area contributed by atoms with E-state index in [4.69, 9.17) is 9.15 Å². The maximum absolute atomic E-state index is 12.0. The highest BCUT2D eigenvalue weighted by Crippen LogP contribution is 2.32. The lowest BCUT2D eigenvalue weighted by Gasteiger charge is -2.03. The van der Waals surface area contributed by atoms with Crippen LogP contribution in [-0.2, 0) is 4.79 Å². The minimum Gasteiger partial charge on any atom is -0.494 e. The van der Waals surface area contributed by atoms with Crippen molar-refractivity contribution in [1.82, 2.24) is 5.32 Å². The average molecular weight is 379 g/mol. The minimum atomic E-state index is -0.203. The van der Waals surface area contributed by atoms with Gasteiger partial charge in [-0.25, -0.2) is 4.99 Å². The number of benzene rings is 1. The number of ether oxygens (including phenoxy) is 1. The number of carbonyl (C=O) groups excluding carboxylic acids is 1. The molecule has 1 N–H and O–H groups in total. The van der Waals surface area contributed by atoms with Crippen LogP contribution in [0.25, 0.3) is 6.08 Å². The number of rotatable bonds is 3. The van der Waals surface area contributed by atoms with E-state index in [1.165, 1.54) is 11.8 Å². The quantitative estimate of drug-likeness (QED) is 0.821. The van der Waals surface area contributed by atoms with E-state index in [1.54, 1.807) is 25.3 Å². The van der Waals surface area contributed by atoms with Gasteiger partial charge in [-0.05, 0) is 52.0 Å². The fraction of sp³-hybridized carbons (Fsp3) is 0.0667. The molecule has 0 aliphatic carbocycles. The molecule has 1 fully saturated rings. The first-order valence-electron chi connectivity index (χ1n) is 6.33. The van der Waals surface area contributed by atoms with E-state index in [9.17, 15) is 4.79 Å². The van der Waals surface area contributed by atoms with Gasteiger partial charge in [0.05, 0.1) is 12.0 Å². The minimum absolute atomic E-state index is 0.203. The van der Waals surface area contributed by atoms with Crippen LogP contribution in [0.15, 0.2) is 55.4 Å². The number of furan rings is 1. The molecule has 1 amide bonds. The predicted molar refractivity (Wildman–Crippen MR) is 90.2 cm³/mol. The van der Waals surface area contributed by atoms with Gasteiger partial charge >= 0.3 is 0 Å². The van der Waals surface area contributed by atoms with Crippen LogP contribution in [0.3, 0.4) is 0 Å². The van der Waals surface area contributed by atoms with E-state index in [0.29, 0.717) is 31.9 Å². The Morgan fingerprint density at radius 2 is 2.14 bits per heavy atom. The predicted octanol–water partition coefficient (Wildman–Crippen LogP) is 3.94. The van der Waals surface area contributed by atoms with Crippen molar-refractivity contribution in [3.05, 3.63) is 51.7 Å². The zero-order valence-corrected chi connectivity index (χ0v) is 13.9. The van der Waals surface area contributed by atoms with Crippen molar-refractivity contribution in [2.24, 2.45) is 4.99 Å². The van der Waals surface area contributed by atoms with Crippen molar-refractivity contribution in [3.63, 3.8) is 0 Å². The molecule has 2 heterocycles. The topological polar surface area (TPSA) is 63.8 Å². The molecule has 0 atom stereocenters. The van der Waals surface area contributed by atoms with Crippen molar-refractivity contribution in [1.29, 1.82) is 0 Å². The van der Waals surface area contributed by atoms with Crippen molar-refractivity contribution < 1.29 is 13.9 Å². The highest BCUT2D eigenvalue weighted by Gasteiger charge is 2.24. The first-order chi connectivity index (χ1) is 10.7. The molecule has 7 heteroatoms. The molecule has 0 spiro atoms. The van der Waals surface area contributed by atoms with Gasteiger partial charge in [0.25, 0.3) is 5.91 Å². The molecule has 3 rings (SSSR count). The maximum atomic E-state index is 12.0. The molecule has 1 aromatic heterocycles. The molecule has 0 radical (unpaired) electrons. The Bertz CT molecular complexity index is 783. The van der Waals surface area contributed by atoms with Crippen LogP contribution in [0.2, 0.25) is 0 Å². The molecular weight excluding hydrogens is 368 g/mol.